The summed E-state index contributed by atoms with van der Waals surface area (Å²) in [5, 5.41) is 6.41. The summed E-state index contributed by atoms with van der Waals surface area (Å²) in [4.78, 5) is 11.7. The summed E-state index contributed by atoms with van der Waals surface area (Å²) < 4.78 is 0. The van der Waals surface area contributed by atoms with E-state index in [2.05, 4.69) is 10.6 Å². The first-order valence-electron chi connectivity index (χ1n) is 5.64. The van der Waals surface area contributed by atoms with Gasteiger partial charge in [-0.3, -0.25) is 4.79 Å². The van der Waals surface area contributed by atoms with Gasteiger partial charge in [0.05, 0.1) is 0 Å². The number of aryl methyl sites for hydroxylation is 1. The maximum atomic E-state index is 11.7. The Morgan fingerprint density at radius 2 is 1.94 bits per heavy atom. The van der Waals surface area contributed by atoms with Crippen LogP contribution in [0.2, 0.25) is 0 Å². The molecule has 1 aromatic carbocycles. The zero-order valence-corrected chi connectivity index (χ0v) is 11.7. The average Bonchev–Trinajstić information content (AvgIpc) is 2.38. The van der Waals surface area contributed by atoms with Crippen molar-refractivity contribution in [3.8, 4) is 0 Å². The topological polar surface area (TPSA) is 41.1 Å². The summed E-state index contributed by atoms with van der Waals surface area (Å²) in [6.07, 6.45) is 0. The predicted molar refractivity (Wildman–Crippen MR) is 76.2 cm³/mol. The summed E-state index contributed by atoms with van der Waals surface area (Å²) in [7, 11) is 0. The number of nitrogens with one attached hydrogen (secondary N) is 2. The van der Waals surface area contributed by atoms with Crippen LogP contribution < -0.4 is 10.6 Å². The maximum absolute atomic E-state index is 11.7. The molecular weight excluding hydrogens is 271 g/mol. The largest absolute Gasteiger partial charge is 0.351 e. The van der Waals surface area contributed by atoms with Gasteiger partial charge in [0.15, 0.2) is 0 Å². The maximum Gasteiger partial charge on any atom is 0.251 e. The van der Waals surface area contributed by atoms with Gasteiger partial charge in [0.2, 0.25) is 0 Å². The molecule has 5 heteroatoms. The molecule has 0 aliphatic rings. The number of benzene rings is 1. The van der Waals surface area contributed by atoms with Crippen molar-refractivity contribution >= 4 is 29.1 Å². The number of amides is 1. The molecule has 1 aromatic rings. The van der Waals surface area contributed by atoms with E-state index in [4.69, 9.17) is 23.2 Å². The minimum atomic E-state index is -0.0733. The molecule has 3 nitrogen and oxygen atoms in total. The van der Waals surface area contributed by atoms with Crippen molar-refractivity contribution in [2.45, 2.75) is 6.92 Å². The summed E-state index contributed by atoms with van der Waals surface area (Å²) in [6.45, 7) is 3.67. The molecular formula is C13H16Cl2N2O. The lowest BCUT2D eigenvalue weighted by Gasteiger charge is -2.06. The summed E-state index contributed by atoms with van der Waals surface area (Å²) in [5.41, 5.74) is 3.12. The smallest absolute Gasteiger partial charge is 0.251 e. The number of halogens is 2. The molecule has 0 unspecified atom stereocenters. The third-order valence-corrected chi connectivity index (χ3v) is 2.93. The van der Waals surface area contributed by atoms with Gasteiger partial charge in [-0.25, -0.2) is 0 Å². The molecule has 0 saturated carbocycles. The van der Waals surface area contributed by atoms with Gasteiger partial charge in [-0.05, 0) is 19.1 Å². The lowest BCUT2D eigenvalue weighted by Crippen LogP contribution is -2.32. The molecule has 0 spiro atoms. The lowest BCUT2D eigenvalue weighted by molar-refractivity contribution is 0.0954. The third-order valence-electron chi connectivity index (χ3n) is 2.31. The van der Waals surface area contributed by atoms with E-state index in [-0.39, 0.29) is 5.91 Å². The van der Waals surface area contributed by atoms with E-state index in [1.54, 1.807) is 0 Å². The highest BCUT2D eigenvalue weighted by molar-refractivity contribution is 6.36. The summed E-state index contributed by atoms with van der Waals surface area (Å²) in [5.74, 6) is -0.0733. The van der Waals surface area contributed by atoms with E-state index in [9.17, 15) is 4.79 Å². The number of hydrogen-bond acceptors (Lipinski definition) is 2. The molecule has 18 heavy (non-hydrogen) atoms. The first-order chi connectivity index (χ1) is 8.63. The van der Waals surface area contributed by atoms with E-state index in [0.717, 1.165) is 5.56 Å². The van der Waals surface area contributed by atoms with Gasteiger partial charge in [0.25, 0.3) is 5.91 Å². The van der Waals surface area contributed by atoms with Crippen LogP contribution in [0.15, 0.2) is 34.8 Å². The van der Waals surface area contributed by atoms with Crippen LogP contribution in [0.3, 0.4) is 0 Å². The van der Waals surface area contributed by atoms with Crippen LogP contribution >= 0.6 is 23.2 Å². The van der Waals surface area contributed by atoms with Crippen LogP contribution in [0.5, 0.6) is 0 Å². The molecule has 1 amide bonds. The normalized spacial score (nSPS) is 11.4. The first-order valence-corrected chi connectivity index (χ1v) is 6.45. The van der Waals surface area contributed by atoms with Gasteiger partial charge < -0.3 is 10.6 Å². The number of hydrogen-bond donors (Lipinski definition) is 2. The Bertz CT molecular complexity index is 416. The highest BCUT2D eigenvalue weighted by Gasteiger charge is 2.03. The SMILES string of the molecule is Cc1ccc(C(=O)NCCNCC(Cl)=CCl)cc1. The predicted octanol–water partition coefficient (Wildman–Crippen LogP) is 2.63. The fraction of sp³-hybridized carbons (Fsp3) is 0.308. The van der Waals surface area contributed by atoms with Crippen molar-refractivity contribution in [3.63, 3.8) is 0 Å². The molecule has 0 saturated heterocycles. The molecule has 0 aliphatic carbocycles. The minimum absolute atomic E-state index is 0.0733. The molecule has 0 aromatic heterocycles. The quantitative estimate of drug-likeness (QED) is 0.790. The molecule has 0 atom stereocenters. The van der Waals surface area contributed by atoms with Gasteiger partial charge in [-0.15, -0.1) is 0 Å². The van der Waals surface area contributed by atoms with E-state index in [1.165, 1.54) is 5.54 Å². The van der Waals surface area contributed by atoms with Crippen LogP contribution in [-0.4, -0.2) is 25.5 Å². The van der Waals surface area contributed by atoms with Crippen LogP contribution in [0.1, 0.15) is 15.9 Å². The zero-order valence-electron chi connectivity index (χ0n) is 10.2. The molecule has 0 heterocycles. The standard InChI is InChI=1S/C13H16Cl2N2O/c1-10-2-4-11(5-3-10)13(18)17-7-6-16-9-12(15)8-14/h2-5,8,16H,6-7,9H2,1H3,(H,17,18). The summed E-state index contributed by atoms with van der Waals surface area (Å²) in [6, 6.07) is 7.45. The van der Waals surface area contributed by atoms with Crippen LogP contribution in [0.25, 0.3) is 0 Å². The monoisotopic (exact) mass is 286 g/mol. The van der Waals surface area contributed by atoms with Crippen molar-refractivity contribution in [2.75, 3.05) is 19.6 Å². The van der Waals surface area contributed by atoms with E-state index in [1.807, 2.05) is 31.2 Å². The van der Waals surface area contributed by atoms with E-state index >= 15 is 0 Å². The molecule has 0 radical (unpaired) electrons. The molecule has 2 N–H and O–H groups in total. The Kier molecular flexibility index (Phi) is 6.80. The highest BCUT2D eigenvalue weighted by atomic mass is 35.5. The number of carbonyl (C=O) groups is 1. The molecule has 0 aliphatic heterocycles. The van der Waals surface area contributed by atoms with Crippen molar-refractivity contribution in [1.29, 1.82) is 0 Å². The van der Waals surface area contributed by atoms with Crippen molar-refractivity contribution < 1.29 is 4.79 Å². The third kappa shape index (κ3) is 5.54. The number of rotatable bonds is 6. The van der Waals surface area contributed by atoms with Gasteiger partial charge in [0, 0.05) is 35.8 Å². The average molecular weight is 287 g/mol. The van der Waals surface area contributed by atoms with E-state index < -0.39 is 0 Å². The van der Waals surface area contributed by atoms with Crippen molar-refractivity contribution in [1.82, 2.24) is 10.6 Å². The van der Waals surface area contributed by atoms with Crippen LogP contribution in [0.4, 0.5) is 0 Å². The van der Waals surface area contributed by atoms with Gasteiger partial charge >= 0.3 is 0 Å². The Morgan fingerprint density at radius 3 is 2.56 bits per heavy atom. The molecule has 1 rings (SSSR count). The summed E-state index contributed by atoms with van der Waals surface area (Å²) >= 11 is 11.1. The fourth-order valence-electron chi connectivity index (χ4n) is 1.32. The van der Waals surface area contributed by atoms with Crippen LogP contribution in [-0.2, 0) is 0 Å². The second kappa shape index (κ2) is 8.14. The Labute approximate surface area is 117 Å². The Balaban J connectivity index is 2.23. The molecule has 0 bridgehead atoms. The second-order valence-corrected chi connectivity index (χ2v) is 4.56. The number of carbonyl (C=O) groups excluding carboxylic acids is 1. The lowest BCUT2D eigenvalue weighted by atomic mass is 10.1. The Hall–Kier alpha value is -1.03. The fourth-order valence-corrected chi connectivity index (χ4v) is 1.49. The van der Waals surface area contributed by atoms with Crippen molar-refractivity contribution in [3.05, 3.63) is 46.0 Å². The Morgan fingerprint density at radius 1 is 1.28 bits per heavy atom. The van der Waals surface area contributed by atoms with Crippen LogP contribution in [0, 0.1) is 6.92 Å². The molecule has 98 valence electrons. The van der Waals surface area contributed by atoms with Gasteiger partial charge in [0.1, 0.15) is 0 Å². The zero-order chi connectivity index (χ0) is 13.4. The van der Waals surface area contributed by atoms with Gasteiger partial charge in [-0.2, -0.15) is 0 Å². The first kappa shape index (κ1) is 15.0. The second-order valence-electron chi connectivity index (χ2n) is 3.85. The van der Waals surface area contributed by atoms with Crippen molar-refractivity contribution in [2.24, 2.45) is 0 Å². The minimum Gasteiger partial charge on any atom is -0.351 e. The van der Waals surface area contributed by atoms with Gasteiger partial charge in [-0.1, -0.05) is 40.9 Å². The highest BCUT2D eigenvalue weighted by Crippen LogP contribution is 2.02. The molecule has 0 fully saturated rings. The van der Waals surface area contributed by atoms with E-state index in [0.29, 0.717) is 30.2 Å².